The van der Waals surface area contributed by atoms with Crippen molar-refractivity contribution in [3.05, 3.63) is 45.9 Å². The summed E-state index contributed by atoms with van der Waals surface area (Å²) in [6, 6.07) is 1.15. The van der Waals surface area contributed by atoms with Crippen LogP contribution in [0.5, 0.6) is 5.75 Å². The number of Topliss-reactive ketones (excluding diaryl/α,β-unsaturated/α-hetero) is 2. The Balaban J connectivity index is 1.62. The Morgan fingerprint density at radius 1 is 1.10 bits per heavy atom. The van der Waals surface area contributed by atoms with E-state index in [9.17, 15) is 44.7 Å². The maximum absolute atomic E-state index is 14.0. The van der Waals surface area contributed by atoms with Gasteiger partial charge >= 0.3 is 6.03 Å². The summed E-state index contributed by atoms with van der Waals surface area (Å²) < 4.78 is 0. The van der Waals surface area contributed by atoms with E-state index in [0.717, 1.165) is 0 Å². The van der Waals surface area contributed by atoms with Crippen LogP contribution in [-0.4, -0.2) is 129 Å². The fourth-order valence-corrected chi connectivity index (χ4v) is 6.93. The number of phenols is 1. The molecule has 0 saturated carbocycles. The van der Waals surface area contributed by atoms with Gasteiger partial charge in [0.05, 0.1) is 29.3 Å². The fourth-order valence-electron chi connectivity index (χ4n) is 6.93. The number of anilines is 1. The first-order chi connectivity index (χ1) is 19.6. The van der Waals surface area contributed by atoms with E-state index in [1.165, 1.54) is 31.1 Å². The number of rotatable bonds is 3. The zero-order valence-electron chi connectivity index (χ0n) is 23.7. The van der Waals surface area contributed by atoms with Crippen LogP contribution in [0, 0.1) is 11.8 Å². The SMILES string of the molecule is CC1c2ccc(NC(=O)N3CCN(C)CC3)c(O)c2C(=O)C2=C(O)C3(O)C(=O)C(C(N)=O)=C(O)[C@@H](N(C)C)C3C(O)C21. The molecule has 6 atom stereocenters. The molecule has 14 nitrogen and oxygen atoms in total. The van der Waals surface area contributed by atoms with E-state index in [0.29, 0.717) is 31.7 Å². The van der Waals surface area contributed by atoms with Crippen LogP contribution < -0.4 is 11.1 Å². The molecule has 42 heavy (non-hydrogen) atoms. The number of hydrogen-bond donors (Lipinski definition) is 7. The monoisotopic (exact) mass is 585 g/mol. The molecule has 1 heterocycles. The van der Waals surface area contributed by atoms with Gasteiger partial charge in [0.15, 0.2) is 17.1 Å². The molecular formula is C28H35N5O9. The Kier molecular flexibility index (Phi) is 7.08. The molecule has 226 valence electrons. The summed E-state index contributed by atoms with van der Waals surface area (Å²) in [6.45, 7) is 3.89. The Morgan fingerprint density at radius 3 is 2.29 bits per heavy atom. The van der Waals surface area contributed by atoms with Crippen molar-refractivity contribution in [2.45, 2.75) is 30.6 Å². The Morgan fingerprint density at radius 2 is 1.71 bits per heavy atom. The number of carbonyl (C=O) groups excluding carboxylic acids is 4. The number of urea groups is 1. The lowest BCUT2D eigenvalue weighted by Crippen LogP contribution is -2.68. The summed E-state index contributed by atoms with van der Waals surface area (Å²) >= 11 is 0. The number of likely N-dealkylation sites (N-methyl/N-ethyl adjacent to an activating group) is 2. The van der Waals surface area contributed by atoms with Crippen LogP contribution >= 0.6 is 0 Å². The lowest BCUT2D eigenvalue weighted by molar-refractivity contribution is -0.162. The van der Waals surface area contributed by atoms with Crippen LogP contribution in [0.25, 0.3) is 0 Å². The van der Waals surface area contributed by atoms with Gasteiger partial charge < -0.3 is 46.4 Å². The summed E-state index contributed by atoms with van der Waals surface area (Å²) in [6.07, 6.45) is -1.68. The summed E-state index contributed by atoms with van der Waals surface area (Å²) in [5.41, 5.74) is 0.849. The van der Waals surface area contributed by atoms with E-state index < -0.39 is 87.4 Å². The molecule has 1 fully saturated rings. The molecule has 1 aromatic carbocycles. The molecule has 0 aromatic heterocycles. The number of nitrogens with zero attached hydrogens (tertiary/aromatic N) is 3. The van der Waals surface area contributed by atoms with Crippen LogP contribution in [0.1, 0.15) is 28.8 Å². The summed E-state index contributed by atoms with van der Waals surface area (Å²) in [4.78, 5) is 57.5. The number of fused-ring (bicyclic) bond motifs is 3. The predicted molar refractivity (Wildman–Crippen MR) is 148 cm³/mol. The third-order valence-corrected chi connectivity index (χ3v) is 9.16. The van der Waals surface area contributed by atoms with Gasteiger partial charge in [-0.25, -0.2) is 4.79 Å². The summed E-state index contributed by atoms with van der Waals surface area (Å²) in [5.74, 6) is -9.74. The molecule has 1 aromatic rings. The van der Waals surface area contributed by atoms with Gasteiger partial charge in [0.25, 0.3) is 5.91 Å². The Bertz CT molecular complexity index is 1460. The lowest BCUT2D eigenvalue weighted by Gasteiger charge is -2.53. The number of aromatic hydroxyl groups is 1. The fraction of sp³-hybridized carbons (Fsp3) is 0.500. The molecule has 1 saturated heterocycles. The topological polar surface area (TPSA) is 217 Å². The van der Waals surface area contributed by atoms with Crippen molar-refractivity contribution in [2.75, 3.05) is 52.6 Å². The average molecular weight is 586 g/mol. The maximum Gasteiger partial charge on any atom is 0.322 e. The summed E-state index contributed by atoms with van der Waals surface area (Å²) in [7, 11) is 4.88. The molecular weight excluding hydrogens is 550 g/mol. The van der Waals surface area contributed by atoms with E-state index in [-0.39, 0.29) is 11.3 Å². The highest BCUT2D eigenvalue weighted by Crippen LogP contribution is 2.56. The van der Waals surface area contributed by atoms with Crippen molar-refractivity contribution in [1.29, 1.82) is 0 Å². The number of piperazine rings is 1. The number of amides is 3. The van der Waals surface area contributed by atoms with Gasteiger partial charge in [-0.15, -0.1) is 0 Å². The van der Waals surface area contributed by atoms with E-state index in [1.807, 2.05) is 7.05 Å². The van der Waals surface area contributed by atoms with Gasteiger partial charge in [0, 0.05) is 37.7 Å². The molecule has 3 aliphatic carbocycles. The van der Waals surface area contributed by atoms with Crippen molar-refractivity contribution in [3.63, 3.8) is 0 Å². The molecule has 0 bridgehead atoms. The second-order valence-corrected chi connectivity index (χ2v) is 11.7. The third-order valence-electron chi connectivity index (χ3n) is 9.16. The number of phenolic OH excluding ortho intramolecular Hbond substituents is 1. The number of hydrogen-bond acceptors (Lipinski definition) is 11. The minimum absolute atomic E-state index is 0.0602. The van der Waals surface area contributed by atoms with E-state index in [2.05, 4.69) is 10.2 Å². The quantitative estimate of drug-likeness (QED) is 0.176. The molecule has 14 heteroatoms. The van der Waals surface area contributed by atoms with Gasteiger partial charge in [0.2, 0.25) is 5.78 Å². The standard InChI is InChI=1S/C28H35N5O9/c1-11-12-5-6-13(30-27(41)33-9-7-32(4)8-10-33)20(34)15(12)21(35)16-14(11)22(36)18-19(31(2)3)23(37)17(26(29)40)25(39)28(18,42)24(16)38/h5-6,11,14,18-19,22,34,36-38,42H,7-10H2,1-4H3,(H2,29,40)(H,30,41)/t11?,14?,18?,19-,22?,28?/m0/s1. The normalized spacial score (nSPS) is 31.6. The average Bonchev–Trinajstić information content (AvgIpc) is 2.92. The summed E-state index contributed by atoms with van der Waals surface area (Å²) in [5, 5.41) is 59.6. The van der Waals surface area contributed by atoms with Gasteiger partial charge in [-0.05, 0) is 38.7 Å². The van der Waals surface area contributed by atoms with Gasteiger partial charge in [-0.3, -0.25) is 19.3 Å². The number of benzene rings is 1. The number of aliphatic hydroxyl groups is 4. The Hall–Kier alpha value is -3.98. The van der Waals surface area contributed by atoms with Crippen molar-refractivity contribution < 1.29 is 44.7 Å². The van der Waals surface area contributed by atoms with Crippen LogP contribution in [0.3, 0.4) is 0 Å². The lowest BCUT2D eigenvalue weighted by atomic mass is 9.55. The third kappa shape index (κ3) is 4.01. The first kappa shape index (κ1) is 29.5. The minimum atomic E-state index is -2.99. The van der Waals surface area contributed by atoms with E-state index in [4.69, 9.17) is 5.73 Å². The molecule has 5 rings (SSSR count). The number of primary amides is 1. The van der Waals surface area contributed by atoms with Crippen LogP contribution in [0.4, 0.5) is 10.5 Å². The highest BCUT2D eigenvalue weighted by molar-refractivity contribution is 6.25. The first-order valence-corrected chi connectivity index (χ1v) is 13.6. The van der Waals surface area contributed by atoms with Gasteiger partial charge in [-0.1, -0.05) is 13.0 Å². The van der Waals surface area contributed by atoms with Crippen molar-refractivity contribution in [2.24, 2.45) is 17.6 Å². The number of carbonyl (C=O) groups is 4. The predicted octanol–water partition coefficient (Wildman–Crippen LogP) is -0.568. The minimum Gasteiger partial charge on any atom is -0.510 e. The number of nitrogens with two attached hydrogens (primary N) is 1. The molecule has 4 aliphatic rings. The number of nitrogens with one attached hydrogen (secondary N) is 1. The maximum atomic E-state index is 14.0. The molecule has 8 N–H and O–H groups in total. The van der Waals surface area contributed by atoms with Crippen molar-refractivity contribution in [1.82, 2.24) is 14.7 Å². The zero-order valence-corrected chi connectivity index (χ0v) is 23.7. The van der Waals surface area contributed by atoms with Gasteiger partial charge in [0.1, 0.15) is 17.1 Å². The molecule has 3 amide bonds. The Labute approximate surface area is 241 Å². The van der Waals surface area contributed by atoms with Crippen LogP contribution in [-0.2, 0) is 9.59 Å². The number of ketones is 2. The molecule has 0 spiro atoms. The molecule has 0 radical (unpaired) electrons. The first-order valence-electron chi connectivity index (χ1n) is 13.6. The smallest absolute Gasteiger partial charge is 0.322 e. The highest BCUT2D eigenvalue weighted by Gasteiger charge is 2.67. The molecule has 5 unspecified atom stereocenters. The highest BCUT2D eigenvalue weighted by atomic mass is 16.4. The van der Waals surface area contributed by atoms with Crippen molar-refractivity contribution in [3.8, 4) is 5.75 Å². The second-order valence-electron chi connectivity index (χ2n) is 11.7. The van der Waals surface area contributed by atoms with E-state index in [1.54, 1.807) is 11.8 Å². The zero-order chi connectivity index (χ0) is 31.0. The van der Waals surface area contributed by atoms with Crippen LogP contribution in [0.15, 0.2) is 34.8 Å². The van der Waals surface area contributed by atoms with E-state index >= 15 is 0 Å². The molecule has 1 aliphatic heterocycles. The van der Waals surface area contributed by atoms with Gasteiger partial charge in [-0.2, -0.15) is 0 Å². The largest absolute Gasteiger partial charge is 0.510 e. The van der Waals surface area contributed by atoms with Crippen LogP contribution in [0.2, 0.25) is 0 Å². The van der Waals surface area contributed by atoms with Crippen molar-refractivity contribution >= 4 is 29.2 Å². The number of aliphatic hydroxyl groups excluding tert-OH is 3. The second kappa shape index (κ2) is 10.1.